The van der Waals surface area contributed by atoms with Crippen LogP contribution in [0.4, 0.5) is 5.69 Å². The second-order valence-corrected chi connectivity index (χ2v) is 6.96. The van der Waals surface area contributed by atoms with E-state index >= 15 is 0 Å². The van der Waals surface area contributed by atoms with Crippen LogP contribution in [0.2, 0.25) is 0 Å². The van der Waals surface area contributed by atoms with Gasteiger partial charge in [0.15, 0.2) is 0 Å². The van der Waals surface area contributed by atoms with Crippen molar-refractivity contribution in [3.63, 3.8) is 0 Å². The molecule has 3 rings (SSSR count). The molecule has 5 heteroatoms. The van der Waals surface area contributed by atoms with Gasteiger partial charge in [0.05, 0.1) is 5.56 Å². The lowest BCUT2D eigenvalue weighted by atomic mass is 9.92. The number of piperidine rings is 1. The molecule has 0 aliphatic carbocycles. The van der Waals surface area contributed by atoms with Gasteiger partial charge in [0.25, 0.3) is 5.91 Å². The van der Waals surface area contributed by atoms with Crippen molar-refractivity contribution < 1.29 is 4.79 Å². The molecule has 2 heterocycles. The Hall–Kier alpha value is -1.07. The van der Waals surface area contributed by atoms with Gasteiger partial charge >= 0.3 is 0 Å². The van der Waals surface area contributed by atoms with Gasteiger partial charge in [-0.25, -0.2) is 0 Å². The third-order valence-corrected chi connectivity index (χ3v) is 4.98. The number of hydrogen-bond donors (Lipinski definition) is 2. The molecule has 1 aromatic carbocycles. The fraction of sp³-hybridized carbons (Fsp3) is 0.562. The lowest BCUT2D eigenvalue weighted by Gasteiger charge is -2.46. The molecule has 0 bridgehead atoms. The SMILES string of the molecule is CCCCN1CCC2(CC1)NC(=O)c1cc(Br)ccc1N2. The van der Waals surface area contributed by atoms with Gasteiger partial charge < -0.3 is 15.5 Å². The number of anilines is 1. The van der Waals surface area contributed by atoms with Crippen molar-refractivity contribution in [1.29, 1.82) is 0 Å². The third-order valence-electron chi connectivity index (χ3n) is 4.49. The van der Waals surface area contributed by atoms with Gasteiger partial charge in [0.1, 0.15) is 5.66 Å². The van der Waals surface area contributed by atoms with Gasteiger partial charge in [-0.1, -0.05) is 29.3 Å². The van der Waals surface area contributed by atoms with Crippen molar-refractivity contribution in [3.05, 3.63) is 28.2 Å². The number of rotatable bonds is 3. The zero-order valence-electron chi connectivity index (χ0n) is 12.4. The van der Waals surface area contributed by atoms with E-state index in [9.17, 15) is 4.79 Å². The molecule has 0 saturated carbocycles. The number of carbonyl (C=O) groups excluding carboxylic acids is 1. The van der Waals surface area contributed by atoms with Gasteiger partial charge in [0.2, 0.25) is 0 Å². The van der Waals surface area contributed by atoms with Crippen LogP contribution in [0.5, 0.6) is 0 Å². The van der Waals surface area contributed by atoms with E-state index in [4.69, 9.17) is 0 Å². The molecule has 114 valence electrons. The quantitative estimate of drug-likeness (QED) is 0.878. The molecular weight excluding hydrogens is 330 g/mol. The van der Waals surface area contributed by atoms with Gasteiger partial charge in [-0.2, -0.15) is 0 Å². The van der Waals surface area contributed by atoms with Crippen LogP contribution >= 0.6 is 15.9 Å². The summed E-state index contributed by atoms with van der Waals surface area (Å²) < 4.78 is 0.934. The minimum Gasteiger partial charge on any atom is -0.362 e. The Kier molecular flexibility index (Phi) is 4.22. The molecule has 1 fully saturated rings. The average molecular weight is 352 g/mol. The van der Waals surface area contributed by atoms with Crippen molar-refractivity contribution in [1.82, 2.24) is 10.2 Å². The first-order valence-electron chi connectivity index (χ1n) is 7.74. The Morgan fingerprint density at radius 2 is 2.05 bits per heavy atom. The molecule has 0 atom stereocenters. The highest BCUT2D eigenvalue weighted by Gasteiger charge is 2.39. The first-order chi connectivity index (χ1) is 10.1. The lowest BCUT2D eigenvalue weighted by Crippen LogP contribution is -2.62. The number of fused-ring (bicyclic) bond motifs is 1. The number of nitrogens with one attached hydrogen (secondary N) is 2. The molecule has 2 aliphatic heterocycles. The largest absolute Gasteiger partial charge is 0.362 e. The Morgan fingerprint density at radius 1 is 1.29 bits per heavy atom. The van der Waals surface area contributed by atoms with Gasteiger partial charge in [-0.3, -0.25) is 4.79 Å². The minimum absolute atomic E-state index is 0.0343. The topological polar surface area (TPSA) is 44.4 Å². The summed E-state index contributed by atoms with van der Waals surface area (Å²) in [4.78, 5) is 14.9. The minimum atomic E-state index is -0.263. The standard InChI is InChI=1S/C16H22BrN3O/c1-2-3-8-20-9-6-16(7-10-20)18-14-5-4-12(17)11-13(14)15(21)19-16/h4-5,11,18H,2-3,6-10H2,1H3,(H,19,21). The van der Waals surface area contributed by atoms with Gasteiger partial charge in [-0.05, 0) is 31.2 Å². The van der Waals surface area contributed by atoms with E-state index in [0.29, 0.717) is 0 Å². The summed E-state index contributed by atoms with van der Waals surface area (Å²) in [6.07, 6.45) is 4.40. The molecule has 1 saturated heterocycles. The second kappa shape index (κ2) is 5.97. The van der Waals surface area contributed by atoms with E-state index in [1.54, 1.807) is 0 Å². The zero-order chi connectivity index (χ0) is 14.9. The van der Waals surface area contributed by atoms with Crippen molar-refractivity contribution in [3.8, 4) is 0 Å². The first-order valence-corrected chi connectivity index (χ1v) is 8.54. The van der Waals surface area contributed by atoms with Gasteiger partial charge in [0, 0.05) is 36.1 Å². The highest BCUT2D eigenvalue weighted by Crippen LogP contribution is 2.32. The van der Waals surface area contributed by atoms with E-state index in [1.165, 1.54) is 19.4 Å². The van der Waals surface area contributed by atoms with Crippen LogP contribution < -0.4 is 10.6 Å². The van der Waals surface area contributed by atoms with Crippen LogP contribution in [0.1, 0.15) is 43.0 Å². The van der Waals surface area contributed by atoms with Crippen molar-refractivity contribution in [2.45, 2.75) is 38.3 Å². The Balaban J connectivity index is 1.71. The Bertz CT molecular complexity index is 538. The molecule has 0 aromatic heterocycles. The van der Waals surface area contributed by atoms with Crippen LogP contribution in [-0.4, -0.2) is 36.1 Å². The van der Waals surface area contributed by atoms with Crippen LogP contribution in [0, 0.1) is 0 Å². The molecule has 4 nitrogen and oxygen atoms in total. The van der Waals surface area contributed by atoms with E-state index in [-0.39, 0.29) is 11.6 Å². The summed E-state index contributed by atoms with van der Waals surface area (Å²) in [5, 5.41) is 6.76. The van der Waals surface area contributed by atoms with Crippen molar-refractivity contribution >= 4 is 27.5 Å². The second-order valence-electron chi connectivity index (χ2n) is 6.05. The highest BCUT2D eigenvalue weighted by molar-refractivity contribution is 9.10. The van der Waals surface area contributed by atoms with Gasteiger partial charge in [-0.15, -0.1) is 0 Å². The zero-order valence-corrected chi connectivity index (χ0v) is 14.0. The van der Waals surface area contributed by atoms with E-state index in [1.807, 2.05) is 18.2 Å². The summed E-state index contributed by atoms with van der Waals surface area (Å²) in [5.41, 5.74) is 1.41. The first kappa shape index (κ1) is 14.9. The van der Waals surface area contributed by atoms with Crippen LogP contribution in [0.15, 0.2) is 22.7 Å². The predicted molar refractivity (Wildman–Crippen MR) is 88.5 cm³/mol. The highest BCUT2D eigenvalue weighted by atomic mass is 79.9. The number of unbranched alkanes of at least 4 members (excludes halogenated alkanes) is 1. The number of hydrogen-bond acceptors (Lipinski definition) is 3. The summed E-state index contributed by atoms with van der Waals surface area (Å²) in [6, 6.07) is 5.85. The summed E-state index contributed by atoms with van der Waals surface area (Å²) in [7, 11) is 0. The predicted octanol–water partition coefficient (Wildman–Crippen LogP) is 3.20. The molecule has 21 heavy (non-hydrogen) atoms. The Labute approximate surface area is 134 Å². The third kappa shape index (κ3) is 3.09. The molecule has 2 aliphatic rings. The lowest BCUT2D eigenvalue weighted by molar-refractivity contribution is 0.0827. The maximum Gasteiger partial charge on any atom is 0.255 e. The van der Waals surface area contributed by atoms with E-state index in [0.717, 1.165) is 41.7 Å². The summed E-state index contributed by atoms with van der Waals surface area (Å²) in [6.45, 7) is 5.48. The van der Waals surface area contributed by atoms with Crippen molar-refractivity contribution in [2.24, 2.45) is 0 Å². The number of carbonyl (C=O) groups is 1. The molecule has 2 N–H and O–H groups in total. The molecule has 1 amide bonds. The fourth-order valence-corrected chi connectivity index (χ4v) is 3.54. The normalized spacial score (nSPS) is 20.8. The van der Waals surface area contributed by atoms with Crippen LogP contribution in [0.25, 0.3) is 0 Å². The molecular formula is C16H22BrN3O. The number of benzene rings is 1. The summed E-state index contributed by atoms with van der Waals surface area (Å²) >= 11 is 3.42. The van der Waals surface area contributed by atoms with Crippen molar-refractivity contribution in [2.75, 3.05) is 25.0 Å². The number of halogens is 1. The summed E-state index contributed by atoms with van der Waals surface area (Å²) in [5.74, 6) is 0.0343. The fourth-order valence-electron chi connectivity index (χ4n) is 3.18. The van der Waals surface area contributed by atoms with E-state index in [2.05, 4.69) is 38.4 Å². The maximum absolute atomic E-state index is 12.4. The molecule has 0 radical (unpaired) electrons. The maximum atomic E-state index is 12.4. The molecule has 1 spiro atoms. The molecule has 0 unspecified atom stereocenters. The average Bonchev–Trinajstić information content (AvgIpc) is 2.48. The monoisotopic (exact) mass is 351 g/mol. The van der Waals surface area contributed by atoms with Crippen LogP contribution in [-0.2, 0) is 0 Å². The molecule has 1 aromatic rings. The Morgan fingerprint density at radius 3 is 2.76 bits per heavy atom. The number of likely N-dealkylation sites (tertiary alicyclic amines) is 1. The van der Waals surface area contributed by atoms with Crippen LogP contribution in [0.3, 0.4) is 0 Å². The van der Waals surface area contributed by atoms with E-state index < -0.39 is 0 Å². The number of nitrogens with zero attached hydrogens (tertiary/aromatic N) is 1. The number of amides is 1. The smallest absolute Gasteiger partial charge is 0.255 e.